The van der Waals surface area contributed by atoms with E-state index < -0.39 is 0 Å². The zero-order valence-corrected chi connectivity index (χ0v) is 25.4. The molecule has 0 aliphatic carbocycles. The van der Waals surface area contributed by atoms with Gasteiger partial charge in [-0.15, -0.1) is 0 Å². The molecule has 41 heavy (non-hydrogen) atoms. The SMILES string of the molecule is CCC(=O)N1CCC(C(=O)N(CCCN2CC3CN(C(=O)c4c(C)ncnc4C)CC3C2)c2ccc(C)c(Cl)c2)C1. The fourth-order valence-corrected chi connectivity index (χ4v) is 6.88. The molecule has 10 heteroatoms. The van der Waals surface area contributed by atoms with Crippen LogP contribution in [0.25, 0.3) is 0 Å². The van der Waals surface area contributed by atoms with Gasteiger partial charge >= 0.3 is 0 Å². The predicted octanol–water partition coefficient (Wildman–Crippen LogP) is 3.74. The van der Waals surface area contributed by atoms with Gasteiger partial charge in [-0.2, -0.15) is 0 Å². The third-order valence-electron chi connectivity index (χ3n) is 9.07. The fraction of sp³-hybridized carbons (Fsp3) is 0.581. The molecule has 3 atom stereocenters. The summed E-state index contributed by atoms with van der Waals surface area (Å²) in [6.07, 6.45) is 3.50. The van der Waals surface area contributed by atoms with Gasteiger partial charge in [0.25, 0.3) is 5.91 Å². The summed E-state index contributed by atoms with van der Waals surface area (Å²) in [4.78, 5) is 55.8. The Labute approximate surface area is 247 Å². The van der Waals surface area contributed by atoms with E-state index in [4.69, 9.17) is 11.6 Å². The highest BCUT2D eigenvalue weighted by molar-refractivity contribution is 6.31. The van der Waals surface area contributed by atoms with Gasteiger partial charge in [-0.05, 0) is 69.7 Å². The average molecular weight is 581 g/mol. The number of carbonyl (C=O) groups is 3. The highest BCUT2D eigenvalue weighted by Crippen LogP contribution is 2.33. The van der Waals surface area contributed by atoms with Crippen molar-refractivity contribution >= 4 is 35.0 Å². The van der Waals surface area contributed by atoms with Gasteiger partial charge in [0, 0.05) is 62.9 Å². The fourth-order valence-electron chi connectivity index (χ4n) is 6.70. The van der Waals surface area contributed by atoms with Gasteiger partial charge in [-0.1, -0.05) is 24.6 Å². The topological polar surface area (TPSA) is 90.0 Å². The van der Waals surface area contributed by atoms with E-state index in [2.05, 4.69) is 14.9 Å². The molecule has 3 amide bonds. The maximum absolute atomic E-state index is 13.7. The van der Waals surface area contributed by atoms with Crippen molar-refractivity contribution < 1.29 is 14.4 Å². The van der Waals surface area contributed by atoms with Crippen LogP contribution in [0, 0.1) is 38.5 Å². The number of halogens is 1. The van der Waals surface area contributed by atoms with Crippen LogP contribution < -0.4 is 4.90 Å². The highest BCUT2D eigenvalue weighted by atomic mass is 35.5. The lowest BCUT2D eigenvalue weighted by atomic mass is 10.0. The van der Waals surface area contributed by atoms with Crippen molar-refractivity contribution in [2.75, 3.05) is 57.3 Å². The number of benzene rings is 1. The Morgan fingerprint density at radius 1 is 0.976 bits per heavy atom. The van der Waals surface area contributed by atoms with Crippen LogP contribution in [0.1, 0.15) is 53.5 Å². The summed E-state index contributed by atoms with van der Waals surface area (Å²) >= 11 is 6.45. The first-order valence-electron chi connectivity index (χ1n) is 14.8. The van der Waals surface area contributed by atoms with Crippen molar-refractivity contribution in [1.29, 1.82) is 0 Å². The molecule has 1 aromatic heterocycles. The third-order valence-corrected chi connectivity index (χ3v) is 9.48. The van der Waals surface area contributed by atoms with E-state index in [1.54, 1.807) is 0 Å². The van der Waals surface area contributed by atoms with Crippen LogP contribution in [0.4, 0.5) is 5.69 Å². The lowest BCUT2D eigenvalue weighted by molar-refractivity contribution is -0.130. The Balaban J connectivity index is 1.18. The molecule has 0 saturated carbocycles. The molecule has 0 N–H and O–H groups in total. The summed E-state index contributed by atoms with van der Waals surface area (Å²) in [6.45, 7) is 13.6. The van der Waals surface area contributed by atoms with Crippen LogP contribution in [0.5, 0.6) is 0 Å². The van der Waals surface area contributed by atoms with E-state index in [1.165, 1.54) is 6.33 Å². The summed E-state index contributed by atoms with van der Waals surface area (Å²) in [5.41, 5.74) is 3.89. The Bertz CT molecular complexity index is 1280. The first kappa shape index (κ1) is 29.5. The second kappa shape index (κ2) is 12.4. The Morgan fingerprint density at radius 2 is 1.66 bits per heavy atom. The van der Waals surface area contributed by atoms with Crippen molar-refractivity contribution in [3.63, 3.8) is 0 Å². The zero-order valence-electron chi connectivity index (χ0n) is 24.6. The molecule has 3 fully saturated rings. The number of likely N-dealkylation sites (tertiary alicyclic amines) is 3. The van der Waals surface area contributed by atoms with Crippen molar-refractivity contribution in [1.82, 2.24) is 24.7 Å². The van der Waals surface area contributed by atoms with Crippen molar-refractivity contribution in [3.8, 4) is 0 Å². The quantitative estimate of drug-likeness (QED) is 0.472. The smallest absolute Gasteiger partial charge is 0.257 e. The largest absolute Gasteiger partial charge is 0.342 e. The first-order chi connectivity index (χ1) is 19.7. The van der Waals surface area contributed by atoms with E-state index in [0.717, 1.165) is 61.8 Å². The van der Waals surface area contributed by atoms with Crippen LogP contribution in [0.15, 0.2) is 24.5 Å². The minimum atomic E-state index is -0.192. The molecule has 4 heterocycles. The maximum Gasteiger partial charge on any atom is 0.257 e. The van der Waals surface area contributed by atoms with E-state index in [-0.39, 0.29) is 23.6 Å². The molecule has 3 aliphatic rings. The molecule has 0 bridgehead atoms. The molecule has 220 valence electrons. The number of nitrogens with zero attached hydrogens (tertiary/aromatic N) is 6. The van der Waals surface area contributed by atoms with Crippen LogP contribution in [0.2, 0.25) is 5.02 Å². The van der Waals surface area contributed by atoms with Gasteiger partial charge in [0.1, 0.15) is 6.33 Å². The maximum atomic E-state index is 13.7. The summed E-state index contributed by atoms with van der Waals surface area (Å²) < 4.78 is 0. The van der Waals surface area contributed by atoms with E-state index in [1.807, 2.05) is 60.6 Å². The lowest BCUT2D eigenvalue weighted by Gasteiger charge is -2.28. The zero-order chi connectivity index (χ0) is 29.3. The molecule has 3 unspecified atom stereocenters. The number of hydrogen-bond acceptors (Lipinski definition) is 6. The number of carbonyl (C=O) groups excluding carboxylic acids is 3. The van der Waals surface area contributed by atoms with Crippen molar-refractivity contribution in [3.05, 3.63) is 52.1 Å². The molecule has 9 nitrogen and oxygen atoms in total. The summed E-state index contributed by atoms with van der Waals surface area (Å²) in [5.74, 6) is 0.935. The van der Waals surface area contributed by atoms with Gasteiger partial charge in [-0.3, -0.25) is 14.4 Å². The van der Waals surface area contributed by atoms with Crippen LogP contribution in [0.3, 0.4) is 0 Å². The molecule has 1 aromatic carbocycles. The number of fused-ring (bicyclic) bond motifs is 1. The van der Waals surface area contributed by atoms with Crippen molar-refractivity contribution in [2.24, 2.45) is 17.8 Å². The number of aryl methyl sites for hydroxylation is 3. The third kappa shape index (κ3) is 6.26. The van der Waals surface area contributed by atoms with Gasteiger partial charge in [-0.25, -0.2) is 9.97 Å². The number of anilines is 1. The predicted molar refractivity (Wildman–Crippen MR) is 159 cm³/mol. The molecular formula is C31H41ClN6O3. The van der Waals surface area contributed by atoms with E-state index in [9.17, 15) is 14.4 Å². The Morgan fingerprint density at radius 3 is 2.29 bits per heavy atom. The molecule has 0 radical (unpaired) electrons. The van der Waals surface area contributed by atoms with Crippen LogP contribution in [-0.4, -0.2) is 94.7 Å². The first-order valence-corrected chi connectivity index (χ1v) is 15.2. The molecule has 3 saturated heterocycles. The highest BCUT2D eigenvalue weighted by Gasteiger charge is 2.42. The second-order valence-corrected chi connectivity index (χ2v) is 12.3. The van der Waals surface area contributed by atoms with Crippen LogP contribution >= 0.6 is 11.6 Å². The molecular weight excluding hydrogens is 540 g/mol. The normalized spacial score (nSPS) is 22.3. The molecule has 3 aliphatic heterocycles. The van der Waals surface area contributed by atoms with Gasteiger partial charge in [0.15, 0.2) is 0 Å². The lowest BCUT2D eigenvalue weighted by Crippen LogP contribution is -2.40. The second-order valence-electron chi connectivity index (χ2n) is 11.9. The van der Waals surface area contributed by atoms with Gasteiger partial charge in [0.2, 0.25) is 11.8 Å². The number of amides is 3. The van der Waals surface area contributed by atoms with E-state index in [0.29, 0.717) is 54.9 Å². The summed E-state index contributed by atoms with van der Waals surface area (Å²) in [5, 5.41) is 0.647. The molecule has 2 aromatic rings. The van der Waals surface area contributed by atoms with Crippen molar-refractivity contribution in [2.45, 2.75) is 47.0 Å². The van der Waals surface area contributed by atoms with Crippen LogP contribution in [-0.2, 0) is 9.59 Å². The van der Waals surface area contributed by atoms with Gasteiger partial charge < -0.3 is 19.6 Å². The monoisotopic (exact) mass is 580 g/mol. The Kier molecular flexibility index (Phi) is 8.94. The number of hydrogen-bond donors (Lipinski definition) is 0. The minimum absolute atomic E-state index is 0.0403. The minimum Gasteiger partial charge on any atom is -0.342 e. The number of aromatic nitrogens is 2. The molecule has 0 spiro atoms. The Hall–Kier alpha value is -3.04. The molecule has 5 rings (SSSR count). The average Bonchev–Trinajstić information content (AvgIpc) is 3.67. The van der Waals surface area contributed by atoms with E-state index >= 15 is 0 Å². The number of rotatable bonds is 8. The van der Waals surface area contributed by atoms with Gasteiger partial charge in [0.05, 0.1) is 22.9 Å². The standard InChI is InChI=1S/C31H41ClN6O3/c1-5-28(39)36-12-9-23(16-36)30(40)38(26-8-7-20(2)27(32)13-26)11-6-10-35-14-24-17-37(18-25(24)15-35)31(41)29-21(3)33-19-34-22(29)4/h7-8,13,19,23-25H,5-6,9-12,14-18H2,1-4H3. The summed E-state index contributed by atoms with van der Waals surface area (Å²) in [6, 6.07) is 5.81. The summed E-state index contributed by atoms with van der Waals surface area (Å²) in [7, 11) is 0.